The van der Waals surface area contributed by atoms with Crippen LogP contribution in [0, 0.1) is 13.8 Å². The number of rotatable bonds is 6. The Labute approximate surface area is 114 Å². The van der Waals surface area contributed by atoms with Crippen molar-refractivity contribution in [2.75, 3.05) is 6.61 Å². The zero-order chi connectivity index (χ0) is 14.4. The summed E-state index contributed by atoms with van der Waals surface area (Å²) in [5, 5.41) is 11.7. The molecule has 0 aromatic heterocycles. The standard InChI is InChI=1S/C15H22N2O2/c1-5-19-12(4)6-7-14-10(2)8-13(9-11(14)3)15(16)17-18/h8-9,18H,4-7H2,1-3H3,(H2,16,17). The third-order valence-corrected chi connectivity index (χ3v) is 3.10. The monoisotopic (exact) mass is 262 g/mol. The molecule has 0 heterocycles. The van der Waals surface area contributed by atoms with Crippen molar-refractivity contribution in [1.29, 1.82) is 0 Å². The normalized spacial score (nSPS) is 11.4. The highest BCUT2D eigenvalue weighted by atomic mass is 16.5. The molecule has 19 heavy (non-hydrogen) atoms. The molecule has 0 aliphatic rings. The second kappa shape index (κ2) is 6.83. The number of hydrogen-bond acceptors (Lipinski definition) is 3. The number of amidine groups is 1. The highest BCUT2D eigenvalue weighted by Crippen LogP contribution is 2.20. The first-order valence-electron chi connectivity index (χ1n) is 6.38. The van der Waals surface area contributed by atoms with Gasteiger partial charge in [0.1, 0.15) is 0 Å². The zero-order valence-corrected chi connectivity index (χ0v) is 11.9. The molecular weight excluding hydrogens is 240 g/mol. The van der Waals surface area contributed by atoms with E-state index in [0.717, 1.165) is 35.3 Å². The van der Waals surface area contributed by atoms with E-state index in [0.29, 0.717) is 6.61 Å². The molecule has 1 aromatic rings. The lowest BCUT2D eigenvalue weighted by molar-refractivity contribution is 0.220. The maximum Gasteiger partial charge on any atom is 0.170 e. The first kappa shape index (κ1) is 15.1. The van der Waals surface area contributed by atoms with Crippen molar-refractivity contribution in [2.45, 2.75) is 33.6 Å². The molecule has 3 N–H and O–H groups in total. The van der Waals surface area contributed by atoms with Gasteiger partial charge in [-0.2, -0.15) is 0 Å². The van der Waals surface area contributed by atoms with Crippen LogP contribution in [0.1, 0.15) is 35.6 Å². The molecular formula is C15H22N2O2. The number of hydrogen-bond donors (Lipinski definition) is 2. The summed E-state index contributed by atoms with van der Waals surface area (Å²) in [5.74, 6) is 0.943. The van der Waals surface area contributed by atoms with Gasteiger partial charge in [-0.05, 0) is 56.0 Å². The molecule has 0 radical (unpaired) electrons. The first-order chi connectivity index (χ1) is 8.99. The molecule has 0 aliphatic heterocycles. The number of nitrogens with zero attached hydrogens (tertiary/aromatic N) is 1. The van der Waals surface area contributed by atoms with Gasteiger partial charge >= 0.3 is 0 Å². The molecule has 0 bridgehead atoms. The van der Waals surface area contributed by atoms with Crippen LogP contribution < -0.4 is 5.73 Å². The fourth-order valence-corrected chi connectivity index (χ4v) is 2.13. The van der Waals surface area contributed by atoms with E-state index in [1.165, 1.54) is 5.56 Å². The van der Waals surface area contributed by atoms with E-state index < -0.39 is 0 Å². The van der Waals surface area contributed by atoms with Crippen LogP contribution in [0.5, 0.6) is 0 Å². The van der Waals surface area contributed by atoms with Crippen molar-refractivity contribution < 1.29 is 9.94 Å². The van der Waals surface area contributed by atoms with Crippen LogP contribution in [-0.2, 0) is 11.2 Å². The predicted octanol–water partition coefficient (Wildman–Crippen LogP) is 2.88. The number of ether oxygens (including phenoxy) is 1. The summed E-state index contributed by atoms with van der Waals surface area (Å²) < 4.78 is 5.36. The van der Waals surface area contributed by atoms with E-state index >= 15 is 0 Å². The van der Waals surface area contributed by atoms with Gasteiger partial charge in [-0.3, -0.25) is 0 Å². The summed E-state index contributed by atoms with van der Waals surface area (Å²) in [6.45, 7) is 10.5. The Morgan fingerprint density at radius 2 is 1.95 bits per heavy atom. The Morgan fingerprint density at radius 1 is 1.37 bits per heavy atom. The van der Waals surface area contributed by atoms with E-state index in [1.807, 2.05) is 32.9 Å². The molecule has 0 spiro atoms. The van der Waals surface area contributed by atoms with E-state index in [-0.39, 0.29) is 5.84 Å². The third kappa shape index (κ3) is 4.02. The Morgan fingerprint density at radius 3 is 2.42 bits per heavy atom. The van der Waals surface area contributed by atoms with Crippen molar-refractivity contribution in [3.8, 4) is 0 Å². The number of nitrogens with two attached hydrogens (primary N) is 1. The number of aryl methyl sites for hydroxylation is 2. The van der Waals surface area contributed by atoms with E-state index in [2.05, 4.69) is 11.7 Å². The molecule has 0 fully saturated rings. The topological polar surface area (TPSA) is 67.8 Å². The average molecular weight is 262 g/mol. The first-order valence-corrected chi connectivity index (χ1v) is 6.38. The highest BCUT2D eigenvalue weighted by Gasteiger charge is 2.08. The van der Waals surface area contributed by atoms with Crippen LogP contribution in [0.3, 0.4) is 0 Å². The molecule has 0 amide bonds. The maximum atomic E-state index is 8.71. The summed E-state index contributed by atoms with van der Waals surface area (Å²) in [6, 6.07) is 3.86. The quantitative estimate of drug-likeness (QED) is 0.272. The van der Waals surface area contributed by atoms with Crippen LogP contribution in [-0.4, -0.2) is 17.6 Å². The summed E-state index contributed by atoms with van der Waals surface area (Å²) in [6.07, 6.45) is 1.69. The largest absolute Gasteiger partial charge is 0.499 e. The molecule has 0 unspecified atom stereocenters. The van der Waals surface area contributed by atoms with Gasteiger partial charge in [0.05, 0.1) is 12.4 Å². The lowest BCUT2D eigenvalue weighted by atomic mass is 9.95. The minimum Gasteiger partial charge on any atom is -0.499 e. The van der Waals surface area contributed by atoms with Gasteiger partial charge in [-0.25, -0.2) is 0 Å². The molecule has 0 saturated carbocycles. The van der Waals surface area contributed by atoms with Gasteiger partial charge in [-0.1, -0.05) is 11.7 Å². The van der Waals surface area contributed by atoms with Crippen molar-refractivity contribution in [3.05, 3.63) is 46.7 Å². The Balaban J connectivity index is 2.89. The van der Waals surface area contributed by atoms with Gasteiger partial charge < -0.3 is 15.7 Å². The second-order valence-corrected chi connectivity index (χ2v) is 4.55. The SMILES string of the molecule is C=C(CCc1c(C)cc(/C(N)=N/O)cc1C)OCC. The minimum atomic E-state index is 0.136. The van der Waals surface area contributed by atoms with Crippen LogP contribution in [0.25, 0.3) is 0 Å². The Kier molecular flexibility index (Phi) is 5.42. The van der Waals surface area contributed by atoms with Crippen molar-refractivity contribution in [2.24, 2.45) is 10.9 Å². The van der Waals surface area contributed by atoms with Crippen molar-refractivity contribution >= 4 is 5.84 Å². The van der Waals surface area contributed by atoms with Gasteiger partial charge in [0, 0.05) is 12.0 Å². The number of benzene rings is 1. The van der Waals surface area contributed by atoms with Gasteiger partial charge in [-0.15, -0.1) is 0 Å². The molecule has 1 rings (SSSR count). The van der Waals surface area contributed by atoms with Crippen LogP contribution in [0.2, 0.25) is 0 Å². The smallest absolute Gasteiger partial charge is 0.170 e. The molecule has 0 atom stereocenters. The van der Waals surface area contributed by atoms with Crippen molar-refractivity contribution in [3.63, 3.8) is 0 Å². The molecule has 0 aliphatic carbocycles. The molecule has 4 heteroatoms. The second-order valence-electron chi connectivity index (χ2n) is 4.55. The van der Waals surface area contributed by atoms with Gasteiger partial charge in [0.2, 0.25) is 0 Å². The molecule has 104 valence electrons. The lowest BCUT2D eigenvalue weighted by Gasteiger charge is -2.13. The van der Waals surface area contributed by atoms with Crippen LogP contribution >= 0.6 is 0 Å². The summed E-state index contributed by atoms with van der Waals surface area (Å²) in [7, 11) is 0. The van der Waals surface area contributed by atoms with Crippen LogP contribution in [0.4, 0.5) is 0 Å². The zero-order valence-electron chi connectivity index (χ0n) is 11.9. The van der Waals surface area contributed by atoms with E-state index in [4.69, 9.17) is 15.7 Å². The molecule has 0 saturated heterocycles. The predicted molar refractivity (Wildman–Crippen MR) is 77.5 cm³/mol. The maximum absolute atomic E-state index is 8.71. The van der Waals surface area contributed by atoms with E-state index in [9.17, 15) is 0 Å². The summed E-state index contributed by atoms with van der Waals surface area (Å²) in [5.41, 5.74) is 9.87. The molecule has 1 aromatic carbocycles. The summed E-state index contributed by atoms with van der Waals surface area (Å²) in [4.78, 5) is 0. The summed E-state index contributed by atoms with van der Waals surface area (Å²) >= 11 is 0. The average Bonchev–Trinajstić information content (AvgIpc) is 2.36. The lowest BCUT2D eigenvalue weighted by Crippen LogP contribution is -2.14. The van der Waals surface area contributed by atoms with Crippen molar-refractivity contribution in [1.82, 2.24) is 0 Å². The molecule has 4 nitrogen and oxygen atoms in total. The third-order valence-electron chi connectivity index (χ3n) is 3.10. The van der Waals surface area contributed by atoms with Gasteiger partial charge in [0.15, 0.2) is 5.84 Å². The number of oxime groups is 1. The van der Waals surface area contributed by atoms with Gasteiger partial charge in [0.25, 0.3) is 0 Å². The van der Waals surface area contributed by atoms with Crippen LogP contribution in [0.15, 0.2) is 29.6 Å². The fraction of sp³-hybridized carbons (Fsp3) is 0.400. The Bertz CT molecular complexity index is 470. The number of allylic oxidation sites excluding steroid dienone is 1. The highest BCUT2D eigenvalue weighted by molar-refractivity contribution is 5.97. The Hall–Kier alpha value is -1.97. The fourth-order valence-electron chi connectivity index (χ4n) is 2.13. The van der Waals surface area contributed by atoms with E-state index in [1.54, 1.807) is 0 Å². The minimum absolute atomic E-state index is 0.136.